The number of aryl methyl sites for hydroxylation is 1. The Morgan fingerprint density at radius 3 is 2.64 bits per heavy atom. The fourth-order valence-electron chi connectivity index (χ4n) is 0.965. The molecule has 62 valence electrons. The van der Waals surface area contributed by atoms with Crippen molar-refractivity contribution in [3.63, 3.8) is 0 Å². The molecule has 1 rings (SSSR count). The second kappa shape index (κ2) is 3.88. The van der Waals surface area contributed by atoms with Crippen LogP contribution in [0, 0.1) is 0 Å². The van der Waals surface area contributed by atoms with Crippen LogP contribution in [-0.2, 0) is 6.42 Å². The quantitative estimate of drug-likeness (QED) is 0.739. The summed E-state index contributed by atoms with van der Waals surface area (Å²) >= 11 is 1.72. The van der Waals surface area contributed by atoms with Crippen molar-refractivity contribution in [3.05, 3.63) is 21.9 Å². The van der Waals surface area contributed by atoms with Crippen LogP contribution in [0.2, 0.25) is 0 Å². The van der Waals surface area contributed by atoms with Crippen LogP contribution in [0.25, 0.3) is 0 Å². The number of aliphatic hydroxyl groups excluding tert-OH is 1. The molecule has 2 heteroatoms. The average Bonchev–Trinajstić information content (AvgIpc) is 2.50. The molecule has 0 amide bonds. The second-order valence-corrected chi connectivity index (χ2v) is 3.78. The molecule has 11 heavy (non-hydrogen) atoms. The van der Waals surface area contributed by atoms with Crippen molar-refractivity contribution in [2.45, 2.75) is 32.8 Å². The molecule has 0 saturated carbocycles. The number of hydrogen-bond donors (Lipinski definition) is 1. The minimum atomic E-state index is -0.250. The van der Waals surface area contributed by atoms with Crippen LogP contribution >= 0.6 is 11.3 Å². The van der Waals surface area contributed by atoms with E-state index in [2.05, 4.69) is 13.0 Å². The van der Waals surface area contributed by atoms with Crippen LogP contribution < -0.4 is 0 Å². The van der Waals surface area contributed by atoms with Gasteiger partial charge in [0, 0.05) is 9.75 Å². The first kappa shape index (κ1) is 8.75. The van der Waals surface area contributed by atoms with E-state index in [1.807, 2.05) is 13.0 Å². The van der Waals surface area contributed by atoms with Crippen molar-refractivity contribution in [2.75, 3.05) is 0 Å². The van der Waals surface area contributed by atoms with E-state index in [-0.39, 0.29) is 6.10 Å². The molecule has 0 unspecified atom stereocenters. The Kier molecular flexibility index (Phi) is 3.09. The molecule has 1 nitrogen and oxygen atoms in total. The van der Waals surface area contributed by atoms with E-state index in [0.29, 0.717) is 0 Å². The van der Waals surface area contributed by atoms with Gasteiger partial charge in [-0.1, -0.05) is 13.8 Å². The van der Waals surface area contributed by atoms with Gasteiger partial charge >= 0.3 is 0 Å². The van der Waals surface area contributed by atoms with Crippen LogP contribution in [0.4, 0.5) is 0 Å². The van der Waals surface area contributed by atoms with Gasteiger partial charge in [-0.05, 0) is 25.0 Å². The molecule has 1 aromatic rings. The maximum absolute atomic E-state index is 9.45. The average molecular weight is 170 g/mol. The van der Waals surface area contributed by atoms with E-state index in [0.717, 1.165) is 17.7 Å². The van der Waals surface area contributed by atoms with E-state index < -0.39 is 0 Å². The first-order chi connectivity index (χ1) is 5.27. The molecule has 0 spiro atoms. The van der Waals surface area contributed by atoms with E-state index in [4.69, 9.17) is 0 Å². The van der Waals surface area contributed by atoms with Gasteiger partial charge in [0.05, 0.1) is 6.10 Å². The Morgan fingerprint density at radius 1 is 1.45 bits per heavy atom. The van der Waals surface area contributed by atoms with Gasteiger partial charge in [-0.3, -0.25) is 0 Å². The molecule has 0 saturated heterocycles. The second-order valence-electron chi connectivity index (χ2n) is 2.58. The molecule has 0 fully saturated rings. The van der Waals surface area contributed by atoms with Crippen molar-refractivity contribution in [1.29, 1.82) is 0 Å². The predicted molar refractivity (Wildman–Crippen MR) is 48.9 cm³/mol. The highest BCUT2D eigenvalue weighted by Gasteiger charge is 2.06. The highest BCUT2D eigenvalue weighted by atomic mass is 32.1. The fraction of sp³-hybridized carbons (Fsp3) is 0.556. The van der Waals surface area contributed by atoms with Crippen LogP contribution in [0.15, 0.2) is 12.1 Å². The smallest absolute Gasteiger partial charge is 0.0879 e. The van der Waals surface area contributed by atoms with Crippen LogP contribution in [-0.4, -0.2) is 5.11 Å². The zero-order valence-electron chi connectivity index (χ0n) is 7.00. The van der Waals surface area contributed by atoms with E-state index in [1.54, 1.807) is 11.3 Å². The molecule has 0 aromatic carbocycles. The minimum absolute atomic E-state index is 0.250. The number of rotatable bonds is 3. The third-order valence-electron chi connectivity index (χ3n) is 1.75. The summed E-state index contributed by atoms with van der Waals surface area (Å²) in [6.45, 7) is 4.13. The van der Waals surface area contributed by atoms with Gasteiger partial charge in [-0.15, -0.1) is 11.3 Å². The summed E-state index contributed by atoms with van der Waals surface area (Å²) < 4.78 is 0. The standard InChI is InChI=1S/C9H14OS/c1-3-7-5-6-9(11-7)8(10)4-2/h5-6,8,10H,3-4H2,1-2H3/t8-/m0/s1. The fourth-order valence-corrected chi connectivity index (χ4v) is 1.99. The Labute approximate surface area is 71.7 Å². The zero-order chi connectivity index (χ0) is 8.27. The number of thiophene rings is 1. The lowest BCUT2D eigenvalue weighted by Crippen LogP contribution is -1.89. The van der Waals surface area contributed by atoms with Gasteiger partial charge in [-0.25, -0.2) is 0 Å². The SMILES string of the molecule is CCc1ccc([C@@H](O)CC)s1. The summed E-state index contributed by atoms with van der Waals surface area (Å²) in [5.74, 6) is 0. The summed E-state index contributed by atoms with van der Waals surface area (Å²) in [7, 11) is 0. The normalized spacial score (nSPS) is 13.4. The summed E-state index contributed by atoms with van der Waals surface area (Å²) in [5.41, 5.74) is 0. The molecule has 0 bridgehead atoms. The molecule has 1 aromatic heterocycles. The van der Waals surface area contributed by atoms with Gasteiger partial charge in [0.25, 0.3) is 0 Å². The molecule has 1 N–H and O–H groups in total. The Bertz CT molecular complexity index is 217. The summed E-state index contributed by atoms with van der Waals surface area (Å²) in [6.07, 6.45) is 1.63. The first-order valence-electron chi connectivity index (χ1n) is 4.04. The van der Waals surface area contributed by atoms with Crippen molar-refractivity contribution < 1.29 is 5.11 Å². The lowest BCUT2D eigenvalue weighted by atomic mass is 10.2. The lowest BCUT2D eigenvalue weighted by molar-refractivity contribution is 0.177. The van der Waals surface area contributed by atoms with Crippen molar-refractivity contribution >= 4 is 11.3 Å². The summed E-state index contributed by atoms with van der Waals surface area (Å²) in [5, 5.41) is 9.45. The monoisotopic (exact) mass is 170 g/mol. The third kappa shape index (κ3) is 2.04. The van der Waals surface area contributed by atoms with Crippen molar-refractivity contribution in [2.24, 2.45) is 0 Å². The molecule has 0 aliphatic heterocycles. The van der Waals surface area contributed by atoms with Crippen molar-refractivity contribution in [1.82, 2.24) is 0 Å². The van der Waals surface area contributed by atoms with E-state index in [9.17, 15) is 5.11 Å². The van der Waals surface area contributed by atoms with Gasteiger partial charge < -0.3 is 5.11 Å². The van der Waals surface area contributed by atoms with Gasteiger partial charge in [0.1, 0.15) is 0 Å². The van der Waals surface area contributed by atoms with E-state index in [1.165, 1.54) is 4.88 Å². The summed E-state index contributed by atoms with van der Waals surface area (Å²) in [6, 6.07) is 4.12. The van der Waals surface area contributed by atoms with Crippen LogP contribution in [0.5, 0.6) is 0 Å². The van der Waals surface area contributed by atoms with E-state index >= 15 is 0 Å². The molecular weight excluding hydrogens is 156 g/mol. The molecule has 1 heterocycles. The van der Waals surface area contributed by atoms with Gasteiger partial charge in [-0.2, -0.15) is 0 Å². The molecular formula is C9H14OS. The largest absolute Gasteiger partial charge is 0.388 e. The maximum atomic E-state index is 9.45. The Balaban J connectivity index is 2.71. The Morgan fingerprint density at radius 2 is 2.18 bits per heavy atom. The van der Waals surface area contributed by atoms with Gasteiger partial charge in [0.15, 0.2) is 0 Å². The third-order valence-corrected chi connectivity index (χ3v) is 3.08. The molecule has 0 aliphatic carbocycles. The topological polar surface area (TPSA) is 20.2 Å². The minimum Gasteiger partial charge on any atom is -0.388 e. The van der Waals surface area contributed by atoms with Crippen LogP contribution in [0.1, 0.15) is 36.1 Å². The summed E-state index contributed by atoms with van der Waals surface area (Å²) in [4.78, 5) is 2.46. The first-order valence-corrected chi connectivity index (χ1v) is 4.86. The molecule has 0 radical (unpaired) electrons. The Hall–Kier alpha value is -0.340. The lowest BCUT2D eigenvalue weighted by Gasteiger charge is -2.02. The zero-order valence-corrected chi connectivity index (χ0v) is 7.82. The number of aliphatic hydroxyl groups is 1. The molecule has 1 atom stereocenters. The predicted octanol–water partition coefficient (Wildman–Crippen LogP) is 2.75. The van der Waals surface area contributed by atoms with Crippen molar-refractivity contribution in [3.8, 4) is 0 Å². The highest BCUT2D eigenvalue weighted by Crippen LogP contribution is 2.25. The maximum Gasteiger partial charge on any atom is 0.0879 e. The van der Waals surface area contributed by atoms with Crippen LogP contribution in [0.3, 0.4) is 0 Å². The molecule has 0 aliphatic rings. The van der Waals surface area contributed by atoms with Gasteiger partial charge in [0.2, 0.25) is 0 Å². The number of hydrogen-bond acceptors (Lipinski definition) is 2. The highest BCUT2D eigenvalue weighted by molar-refractivity contribution is 7.12.